The number of pyridine rings is 1. The molecule has 1 aliphatic carbocycles. The van der Waals surface area contributed by atoms with Crippen LogP contribution in [0.1, 0.15) is 29.3 Å². The molecular weight excluding hydrogens is 310 g/mol. The Kier molecular flexibility index (Phi) is 3.46. The van der Waals surface area contributed by atoms with Crippen molar-refractivity contribution in [3.05, 3.63) is 33.4 Å². The molecule has 94 valence electrons. The molecule has 3 nitrogen and oxygen atoms in total. The molecule has 1 aliphatic rings. The van der Waals surface area contributed by atoms with Gasteiger partial charge in [-0.2, -0.15) is 0 Å². The Morgan fingerprint density at radius 3 is 2.89 bits per heavy atom. The van der Waals surface area contributed by atoms with Crippen LogP contribution in [0.4, 0.5) is 0 Å². The zero-order chi connectivity index (χ0) is 12.5. The standard InChI is InChI=1S/C13H14BrN3S/c1-15-7-11-12(8-2-3-8)17-13(18-11)10-5-4-9(14)6-16-10/h4-6,8,15H,2-3,7H2,1H3. The molecule has 1 fully saturated rings. The normalized spacial score (nSPS) is 15.0. The molecule has 2 aromatic rings. The second-order valence-corrected chi connectivity index (χ2v) is 6.49. The number of nitrogens with zero attached hydrogens (tertiary/aromatic N) is 2. The minimum atomic E-state index is 0.689. The first-order valence-electron chi connectivity index (χ1n) is 6.04. The third-order valence-corrected chi connectivity index (χ3v) is 4.54. The molecule has 2 heterocycles. The van der Waals surface area contributed by atoms with Crippen molar-refractivity contribution in [1.29, 1.82) is 0 Å². The molecular formula is C13H14BrN3S. The van der Waals surface area contributed by atoms with Gasteiger partial charge in [-0.15, -0.1) is 11.3 Å². The second-order valence-electron chi connectivity index (χ2n) is 4.49. The monoisotopic (exact) mass is 323 g/mol. The predicted octanol–water partition coefficient (Wildman–Crippen LogP) is 3.56. The highest BCUT2D eigenvalue weighted by Crippen LogP contribution is 2.44. The summed E-state index contributed by atoms with van der Waals surface area (Å²) in [7, 11) is 1.98. The fraction of sp³-hybridized carbons (Fsp3) is 0.385. The summed E-state index contributed by atoms with van der Waals surface area (Å²) in [5, 5.41) is 4.26. The highest BCUT2D eigenvalue weighted by molar-refractivity contribution is 9.10. The van der Waals surface area contributed by atoms with E-state index in [2.05, 4.69) is 26.2 Å². The predicted molar refractivity (Wildman–Crippen MR) is 77.8 cm³/mol. The van der Waals surface area contributed by atoms with E-state index in [-0.39, 0.29) is 0 Å². The fourth-order valence-corrected chi connectivity index (χ4v) is 3.31. The van der Waals surface area contributed by atoms with Crippen molar-refractivity contribution in [2.75, 3.05) is 7.05 Å². The Labute approximate surface area is 119 Å². The lowest BCUT2D eigenvalue weighted by molar-refractivity contribution is 0.813. The average molecular weight is 324 g/mol. The van der Waals surface area contributed by atoms with E-state index in [1.54, 1.807) is 11.3 Å². The van der Waals surface area contributed by atoms with Crippen LogP contribution in [0.5, 0.6) is 0 Å². The molecule has 5 heteroatoms. The molecule has 0 spiro atoms. The number of thiazole rings is 1. The molecule has 0 radical (unpaired) electrons. The summed E-state index contributed by atoms with van der Waals surface area (Å²) >= 11 is 5.17. The van der Waals surface area contributed by atoms with Gasteiger partial charge in [0.1, 0.15) is 5.01 Å². The molecule has 0 unspecified atom stereocenters. The molecule has 0 aliphatic heterocycles. The minimum absolute atomic E-state index is 0.689. The highest BCUT2D eigenvalue weighted by atomic mass is 79.9. The molecule has 1 saturated carbocycles. The van der Waals surface area contributed by atoms with Gasteiger partial charge in [0, 0.05) is 28.0 Å². The second kappa shape index (κ2) is 5.07. The molecule has 0 saturated heterocycles. The number of nitrogens with one attached hydrogen (secondary N) is 1. The summed E-state index contributed by atoms with van der Waals surface area (Å²) in [5.74, 6) is 0.689. The van der Waals surface area contributed by atoms with Gasteiger partial charge < -0.3 is 5.32 Å². The van der Waals surface area contributed by atoms with Gasteiger partial charge >= 0.3 is 0 Å². The van der Waals surface area contributed by atoms with Crippen molar-refractivity contribution in [2.24, 2.45) is 0 Å². The van der Waals surface area contributed by atoms with Crippen molar-refractivity contribution >= 4 is 27.3 Å². The average Bonchev–Trinajstić information content (AvgIpc) is 3.13. The SMILES string of the molecule is CNCc1sc(-c2ccc(Br)cn2)nc1C1CC1. The van der Waals surface area contributed by atoms with Crippen molar-refractivity contribution in [3.63, 3.8) is 0 Å². The molecule has 0 aromatic carbocycles. The smallest absolute Gasteiger partial charge is 0.142 e. The number of aromatic nitrogens is 2. The molecule has 0 amide bonds. The van der Waals surface area contributed by atoms with Crippen LogP contribution in [0, 0.1) is 0 Å². The number of halogens is 1. The third-order valence-electron chi connectivity index (χ3n) is 2.98. The van der Waals surface area contributed by atoms with Gasteiger partial charge in [0.15, 0.2) is 0 Å². The summed E-state index contributed by atoms with van der Waals surface area (Å²) in [6.07, 6.45) is 4.40. The Bertz CT molecular complexity index is 546. The largest absolute Gasteiger partial charge is 0.315 e. The van der Waals surface area contributed by atoms with Crippen molar-refractivity contribution in [2.45, 2.75) is 25.3 Å². The molecule has 0 bridgehead atoms. The lowest BCUT2D eigenvalue weighted by Crippen LogP contribution is -2.05. The summed E-state index contributed by atoms with van der Waals surface area (Å²) in [6, 6.07) is 4.03. The molecule has 2 aromatic heterocycles. The summed E-state index contributed by atoms with van der Waals surface area (Å²) in [6.45, 7) is 0.903. The van der Waals surface area contributed by atoms with Crippen LogP contribution in [-0.4, -0.2) is 17.0 Å². The van der Waals surface area contributed by atoms with E-state index in [0.29, 0.717) is 5.92 Å². The van der Waals surface area contributed by atoms with Gasteiger partial charge in [0.05, 0.1) is 11.4 Å². The first-order chi connectivity index (χ1) is 8.78. The van der Waals surface area contributed by atoms with Crippen LogP contribution in [-0.2, 0) is 6.54 Å². The van der Waals surface area contributed by atoms with Gasteiger partial charge in [0.25, 0.3) is 0 Å². The van der Waals surface area contributed by atoms with Crippen molar-refractivity contribution in [3.8, 4) is 10.7 Å². The van der Waals surface area contributed by atoms with Crippen molar-refractivity contribution < 1.29 is 0 Å². The summed E-state index contributed by atoms with van der Waals surface area (Å²) in [5.41, 5.74) is 2.25. The van der Waals surface area contributed by atoms with Gasteiger partial charge in [0.2, 0.25) is 0 Å². The van der Waals surface area contributed by atoms with Gasteiger partial charge in [-0.1, -0.05) is 0 Å². The maximum absolute atomic E-state index is 4.79. The first-order valence-corrected chi connectivity index (χ1v) is 7.65. The molecule has 3 rings (SSSR count). The topological polar surface area (TPSA) is 37.8 Å². The van der Waals surface area contributed by atoms with E-state index in [1.165, 1.54) is 23.4 Å². The molecule has 18 heavy (non-hydrogen) atoms. The lowest BCUT2D eigenvalue weighted by Gasteiger charge is -1.97. The van der Waals surface area contributed by atoms with E-state index in [9.17, 15) is 0 Å². The van der Waals surface area contributed by atoms with E-state index >= 15 is 0 Å². The van der Waals surface area contributed by atoms with E-state index in [0.717, 1.165) is 21.7 Å². The Hall–Kier alpha value is -0.780. The number of rotatable bonds is 4. The third kappa shape index (κ3) is 2.48. The summed E-state index contributed by atoms with van der Waals surface area (Å²) in [4.78, 5) is 10.6. The van der Waals surface area contributed by atoms with Crippen LogP contribution in [0.3, 0.4) is 0 Å². The summed E-state index contributed by atoms with van der Waals surface area (Å²) < 4.78 is 1.00. The van der Waals surface area contributed by atoms with E-state index < -0.39 is 0 Å². The van der Waals surface area contributed by atoms with Crippen LogP contribution < -0.4 is 5.32 Å². The quantitative estimate of drug-likeness (QED) is 0.934. The van der Waals surface area contributed by atoms with Crippen LogP contribution in [0.15, 0.2) is 22.8 Å². The molecule has 0 atom stereocenters. The fourth-order valence-electron chi connectivity index (χ4n) is 1.94. The Morgan fingerprint density at radius 2 is 2.28 bits per heavy atom. The van der Waals surface area contributed by atoms with Crippen molar-refractivity contribution in [1.82, 2.24) is 15.3 Å². The Morgan fingerprint density at radius 1 is 1.44 bits per heavy atom. The van der Waals surface area contributed by atoms with Crippen LogP contribution in [0.2, 0.25) is 0 Å². The highest BCUT2D eigenvalue weighted by Gasteiger charge is 2.29. The Balaban J connectivity index is 1.96. The van der Waals surface area contributed by atoms with Gasteiger partial charge in [-0.3, -0.25) is 4.98 Å². The van der Waals surface area contributed by atoms with E-state index in [1.807, 2.05) is 25.4 Å². The zero-order valence-electron chi connectivity index (χ0n) is 10.1. The van der Waals surface area contributed by atoms with Crippen LogP contribution >= 0.6 is 27.3 Å². The zero-order valence-corrected chi connectivity index (χ0v) is 12.5. The lowest BCUT2D eigenvalue weighted by atomic mass is 10.2. The first kappa shape index (κ1) is 12.3. The van der Waals surface area contributed by atoms with E-state index in [4.69, 9.17) is 4.98 Å². The maximum Gasteiger partial charge on any atom is 0.142 e. The van der Waals surface area contributed by atoms with Crippen LogP contribution in [0.25, 0.3) is 10.7 Å². The minimum Gasteiger partial charge on any atom is -0.315 e. The number of hydrogen-bond acceptors (Lipinski definition) is 4. The maximum atomic E-state index is 4.79. The number of hydrogen-bond donors (Lipinski definition) is 1. The van der Waals surface area contributed by atoms with Gasteiger partial charge in [-0.25, -0.2) is 4.98 Å². The molecule has 1 N–H and O–H groups in total. The van der Waals surface area contributed by atoms with Gasteiger partial charge in [-0.05, 0) is 48.0 Å².